The van der Waals surface area contributed by atoms with Crippen LogP contribution in [-0.2, 0) is 0 Å². The molecule has 2 saturated heterocycles. The summed E-state index contributed by atoms with van der Waals surface area (Å²) in [6.45, 7) is 5.00. The van der Waals surface area contributed by atoms with Crippen molar-refractivity contribution in [2.24, 2.45) is 11.8 Å². The molecule has 4 N–H and O–H groups in total. The molecule has 2 aliphatic heterocycles. The Hall–Kier alpha value is -0.160. The summed E-state index contributed by atoms with van der Waals surface area (Å²) in [5.74, 6) is 1.04. The lowest BCUT2D eigenvalue weighted by atomic mass is 10.1. The Bertz CT molecular complexity index is 155. The Morgan fingerprint density at radius 3 is 1.56 bits per heavy atom. The van der Waals surface area contributed by atoms with Gasteiger partial charge in [0.25, 0.3) is 0 Å². The molecule has 2 atom stereocenters. The minimum Gasteiger partial charge on any atom is -0.396 e. The predicted molar refractivity (Wildman–Crippen MR) is 74.6 cm³/mol. The van der Waals surface area contributed by atoms with Gasteiger partial charge < -0.3 is 20.8 Å². The van der Waals surface area contributed by atoms with Crippen LogP contribution in [0.15, 0.2) is 0 Å². The third-order valence-electron chi connectivity index (χ3n) is 3.81. The molecule has 0 spiro atoms. The van der Waals surface area contributed by atoms with E-state index < -0.39 is 0 Å². The average molecular weight is 258 g/mol. The van der Waals surface area contributed by atoms with Crippen molar-refractivity contribution in [3.63, 3.8) is 0 Å². The van der Waals surface area contributed by atoms with E-state index in [1.165, 1.54) is 38.5 Å². The molecular formula is C14H30N2O2. The van der Waals surface area contributed by atoms with E-state index in [4.69, 9.17) is 10.2 Å². The minimum absolute atomic E-state index is 0.354. The van der Waals surface area contributed by atoms with E-state index >= 15 is 0 Å². The highest BCUT2D eigenvalue weighted by Gasteiger charge is 2.09. The van der Waals surface area contributed by atoms with E-state index in [1.54, 1.807) is 0 Å². The van der Waals surface area contributed by atoms with Gasteiger partial charge >= 0.3 is 0 Å². The zero-order valence-corrected chi connectivity index (χ0v) is 11.5. The number of rotatable bonds is 2. The maximum atomic E-state index is 8.78. The highest BCUT2D eigenvalue weighted by Crippen LogP contribution is 2.10. The summed E-state index contributed by atoms with van der Waals surface area (Å²) >= 11 is 0. The van der Waals surface area contributed by atoms with Crippen LogP contribution < -0.4 is 10.6 Å². The molecular weight excluding hydrogens is 228 g/mol. The van der Waals surface area contributed by atoms with Gasteiger partial charge in [0, 0.05) is 26.3 Å². The largest absolute Gasteiger partial charge is 0.396 e. The van der Waals surface area contributed by atoms with Crippen LogP contribution in [-0.4, -0.2) is 49.6 Å². The molecule has 2 heterocycles. The van der Waals surface area contributed by atoms with Crippen LogP contribution in [0.5, 0.6) is 0 Å². The van der Waals surface area contributed by atoms with Crippen LogP contribution in [0.25, 0.3) is 0 Å². The van der Waals surface area contributed by atoms with E-state index in [0.29, 0.717) is 25.0 Å². The lowest BCUT2D eigenvalue weighted by molar-refractivity contribution is 0.219. The summed E-state index contributed by atoms with van der Waals surface area (Å²) < 4.78 is 0. The van der Waals surface area contributed by atoms with Gasteiger partial charge in [-0.2, -0.15) is 0 Å². The first-order chi connectivity index (χ1) is 8.86. The van der Waals surface area contributed by atoms with E-state index in [1.807, 2.05) is 0 Å². The molecule has 0 bridgehead atoms. The summed E-state index contributed by atoms with van der Waals surface area (Å²) in [5, 5.41) is 24.1. The molecule has 108 valence electrons. The molecule has 4 nitrogen and oxygen atoms in total. The zero-order valence-electron chi connectivity index (χ0n) is 11.5. The number of nitrogens with one attached hydrogen (secondary N) is 2. The zero-order chi connectivity index (χ0) is 13.1. The molecule has 0 aromatic carbocycles. The van der Waals surface area contributed by atoms with Crippen LogP contribution >= 0.6 is 0 Å². The Morgan fingerprint density at radius 1 is 0.722 bits per heavy atom. The van der Waals surface area contributed by atoms with Crippen molar-refractivity contribution < 1.29 is 10.2 Å². The lowest BCUT2D eigenvalue weighted by Gasteiger charge is -2.08. The first kappa shape index (κ1) is 15.9. The third-order valence-corrected chi connectivity index (χ3v) is 3.81. The highest BCUT2D eigenvalue weighted by molar-refractivity contribution is 4.66. The molecule has 0 aliphatic carbocycles. The van der Waals surface area contributed by atoms with Crippen molar-refractivity contribution in [2.75, 3.05) is 39.4 Å². The predicted octanol–water partition coefficient (Wildman–Crippen LogP) is 0.737. The number of hydrogen-bond acceptors (Lipinski definition) is 4. The van der Waals surface area contributed by atoms with Crippen molar-refractivity contribution in [3.8, 4) is 0 Å². The molecule has 0 saturated carbocycles. The van der Waals surface area contributed by atoms with E-state index in [9.17, 15) is 0 Å². The van der Waals surface area contributed by atoms with Gasteiger partial charge in [0.05, 0.1) is 0 Å². The smallest absolute Gasteiger partial charge is 0.0471 e. The van der Waals surface area contributed by atoms with Gasteiger partial charge in [-0.1, -0.05) is 12.8 Å². The summed E-state index contributed by atoms with van der Waals surface area (Å²) in [7, 11) is 0. The third kappa shape index (κ3) is 7.31. The van der Waals surface area contributed by atoms with Crippen molar-refractivity contribution in [2.45, 2.75) is 38.5 Å². The molecule has 0 amide bonds. The van der Waals surface area contributed by atoms with Crippen LogP contribution in [0.3, 0.4) is 0 Å². The second-order valence-corrected chi connectivity index (χ2v) is 5.50. The second-order valence-electron chi connectivity index (χ2n) is 5.50. The monoisotopic (exact) mass is 258 g/mol. The van der Waals surface area contributed by atoms with Gasteiger partial charge in [-0.05, 0) is 50.6 Å². The average Bonchev–Trinajstić information content (AvgIpc) is 2.83. The Morgan fingerprint density at radius 2 is 1.17 bits per heavy atom. The van der Waals surface area contributed by atoms with Gasteiger partial charge in [-0.3, -0.25) is 0 Å². The molecule has 2 fully saturated rings. The lowest BCUT2D eigenvalue weighted by Crippen LogP contribution is -2.22. The van der Waals surface area contributed by atoms with Crippen molar-refractivity contribution >= 4 is 0 Å². The van der Waals surface area contributed by atoms with Crippen molar-refractivity contribution in [1.29, 1.82) is 0 Å². The quantitative estimate of drug-likeness (QED) is 0.590. The Labute approximate surface area is 111 Å². The van der Waals surface area contributed by atoms with Gasteiger partial charge in [-0.15, -0.1) is 0 Å². The van der Waals surface area contributed by atoms with Gasteiger partial charge in [0.2, 0.25) is 0 Å². The number of aliphatic hydroxyl groups is 2. The Kier molecular flexibility index (Phi) is 9.48. The minimum atomic E-state index is 0.354. The number of hydrogen-bond donors (Lipinski definition) is 4. The molecule has 2 rings (SSSR count). The topological polar surface area (TPSA) is 64.5 Å². The summed E-state index contributed by atoms with van der Waals surface area (Å²) in [4.78, 5) is 0. The van der Waals surface area contributed by atoms with Gasteiger partial charge in [-0.25, -0.2) is 0 Å². The van der Waals surface area contributed by atoms with Crippen molar-refractivity contribution in [1.82, 2.24) is 10.6 Å². The SMILES string of the molecule is OCC1CCCCNC1.OCC1CCCCNC1. The molecule has 4 heteroatoms. The van der Waals surface area contributed by atoms with E-state index in [0.717, 1.165) is 26.2 Å². The fourth-order valence-electron chi connectivity index (χ4n) is 2.49. The first-order valence-electron chi connectivity index (χ1n) is 7.50. The van der Waals surface area contributed by atoms with Gasteiger partial charge in [0.1, 0.15) is 0 Å². The molecule has 0 aromatic rings. The first-order valence-corrected chi connectivity index (χ1v) is 7.50. The van der Waals surface area contributed by atoms with E-state index in [-0.39, 0.29) is 0 Å². The fourth-order valence-corrected chi connectivity index (χ4v) is 2.49. The summed E-state index contributed by atoms with van der Waals surface area (Å²) in [5.41, 5.74) is 0. The normalized spacial score (nSPS) is 29.7. The standard InChI is InChI=1S/2C7H15NO/c2*9-6-7-3-1-2-4-8-5-7/h2*7-9H,1-6H2. The van der Waals surface area contributed by atoms with Crippen LogP contribution in [0, 0.1) is 11.8 Å². The second kappa shape index (κ2) is 10.7. The van der Waals surface area contributed by atoms with Crippen molar-refractivity contribution in [3.05, 3.63) is 0 Å². The maximum absolute atomic E-state index is 8.78. The highest BCUT2D eigenvalue weighted by atomic mass is 16.3. The molecule has 18 heavy (non-hydrogen) atoms. The van der Waals surface area contributed by atoms with Crippen LogP contribution in [0.1, 0.15) is 38.5 Å². The molecule has 2 unspecified atom stereocenters. The Balaban J connectivity index is 0.000000180. The number of aliphatic hydroxyl groups excluding tert-OH is 2. The molecule has 2 aliphatic rings. The molecule has 0 radical (unpaired) electrons. The van der Waals surface area contributed by atoms with Crippen LogP contribution in [0.4, 0.5) is 0 Å². The maximum Gasteiger partial charge on any atom is 0.0471 e. The summed E-state index contributed by atoms with van der Waals surface area (Å²) in [6.07, 6.45) is 7.50. The summed E-state index contributed by atoms with van der Waals surface area (Å²) in [6, 6.07) is 0. The fraction of sp³-hybridized carbons (Fsp3) is 1.00. The molecule has 0 aromatic heterocycles. The van der Waals surface area contributed by atoms with E-state index in [2.05, 4.69) is 10.6 Å². The van der Waals surface area contributed by atoms with Crippen LogP contribution in [0.2, 0.25) is 0 Å². The van der Waals surface area contributed by atoms with Gasteiger partial charge in [0.15, 0.2) is 0 Å².